The van der Waals surface area contributed by atoms with E-state index in [1.54, 1.807) is 19.8 Å². The number of fused-ring (bicyclic) bond motifs is 2. The van der Waals surface area contributed by atoms with Crippen molar-refractivity contribution in [3.8, 4) is 5.75 Å². The molecule has 0 saturated heterocycles. The summed E-state index contributed by atoms with van der Waals surface area (Å²) in [5.74, 6) is 1.93. The van der Waals surface area contributed by atoms with Crippen molar-refractivity contribution in [2.45, 2.75) is 12.5 Å². The fourth-order valence-corrected chi connectivity index (χ4v) is 3.71. The zero-order valence-electron chi connectivity index (χ0n) is 14.3. The number of ether oxygens (including phenoxy) is 1. The number of benzene rings is 1. The number of aromatic nitrogens is 5. The minimum atomic E-state index is 0.143. The first-order valence-corrected chi connectivity index (χ1v) is 8.52. The van der Waals surface area contributed by atoms with Crippen molar-refractivity contribution in [2.24, 2.45) is 0 Å². The Labute approximate surface area is 150 Å². The van der Waals surface area contributed by atoms with Crippen LogP contribution in [0.4, 0.5) is 5.82 Å². The van der Waals surface area contributed by atoms with Gasteiger partial charge in [-0.3, -0.25) is 0 Å². The molecule has 4 aromatic rings. The maximum atomic E-state index is 5.41. The Morgan fingerprint density at radius 3 is 3.04 bits per heavy atom. The van der Waals surface area contributed by atoms with Crippen molar-refractivity contribution in [1.29, 1.82) is 0 Å². The topological polar surface area (TPSA) is 82.7 Å². The van der Waals surface area contributed by atoms with Crippen LogP contribution in [-0.2, 0) is 6.54 Å². The van der Waals surface area contributed by atoms with Crippen molar-refractivity contribution in [1.82, 2.24) is 24.9 Å². The van der Waals surface area contributed by atoms with Crippen molar-refractivity contribution in [2.75, 3.05) is 18.6 Å². The van der Waals surface area contributed by atoms with Crippen LogP contribution in [0.15, 0.2) is 49.2 Å². The summed E-state index contributed by atoms with van der Waals surface area (Å²) in [4.78, 5) is 22.2. The maximum Gasteiger partial charge on any atom is 0.142 e. The zero-order valence-corrected chi connectivity index (χ0v) is 14.3. The lowest BCUT2D eigenvalue weighted by atomic mass is 9.90. The lowest BCUT2D eigenvalue weighted by Gasteiger charge is -2.33. The van der Waals surface area contributed by atoms with Gasteiger partial charge in [0.1, 0.15) is 23.5 Å². The van der Waals surface area contributed by atoms with E-state index in [9.17, 15) is 0 Å². The van der Waals surface area contributed by atoms with Crippen LogP contribution in [0.3, 0.4) is 0 Å². The highest BCUT2D eigenvalue weighted by Crippen LogP contribution is 2.36. The van der Waals surface area contributed by atoms with Crippen LogP contribution in [0.2, 0.25) is 0 Å². The Balaban J connectivity index is 1.60. The molecule has 0 amide bonds. The molecule has 3 aromatic heterocycles. The maximum absolute atomic E-state index is 5.41. The molecular formula is C19H18N6O. The Morgan fingerprint density at radius 1 is 1.15 bits per heavy atom. The van der Waals surface area contributed by atoms with Crippen LogP contribution in [0.5, 0.6) is 5.75 Å². The summed E-state index contributed by atoms with van der Waals surface area (Å²) in [5, 5.41) is 1.03. The molecule has 1 atom stereocenters. The van der Waals surface area contributed by atoms with Crippen LogP contribution < -0.4 is 9.64 Å². The summed E-state index contributed by atoms with van der Waals surface area (Å²) in [6, 6.07) is 10.2. The number of H-pyrrole nitrogens is 2. The molecule has 0 aliphatic carbocycles. The average molecular weight is 346 g/mol. The summed E-state index contributed by atoms with van der Waals surface area (Å²) in [6.07, 6.45) is 5.28. The molecule has 4 heterocycles. The summed E-state index contributed by atoms with van der Waals surface area (Å²) < 4.78 is 5.41. The summed E-state index contributed by atoms with van der Waals surface area (Å²) >= 11 is 0. The molecule has 0 fully saturated rings. The van der Waals surface area contributed by atoms with E-state index in [2.05, 4.69) is 42.0 Å². The predicted molar refractivity (Wildman–Crippen MR) is 98.4 cm³/mol. The first-order chi connectivity index (χ1) is 12.8. The Morgan fingerprint density at radius 2 is 2.12 bits per heavy atom. The molecule has 1 aromatic carbocycles. The zero-order chi connectivity index (χ0) is 17.5. The number of anilines is 1. The van der Waals surface area contributed by atoms with E-state index in [1.165, 1.54) is 5.56 Å². The molecular weight excluding hydrogens is 328 g/mol. The molecule has 1 aliphatic rings. The van der Waals surface area contributed by atoms with E-state index in [4.69, 9.17) is 4.74 Å². The molecule has 26 heavy (non-hydrogen) atoms. The highest BCUT2D eigenvalue weighted by molar-refractivity contribution is 5.87. The van der Waals surface area contributed by atoms with Crippen molar-refractivity contribution < 1.29 is 4.74 Å². The highest BCUT2D eigenvalue weighted by Gasteiger charge is 2.30. The molecule has 2 N–H and O–H groups in total. The average Bonchev–Trinajstić information content (AvgIpc) is 3.36. The van der Waals surface area contributed by atoms with E-state index in [-0.39, 0.29) is 5.92 Å². The van der Waals surface area contributed by atoms with Gasteiger partial charge in [0.05, 0.1) is 36.8 Å². The fourth-order valence-electron chi connectivity index (χ4n) is 3.71. The van der Waals surface area contributed by atoms with Gasteiger partial charge >= 0.3 is 0 Å². The van der Waals surface area contributed by atoms with Crippen molar-refractivity contribution in [3.63, 3.8) is 0 Å². The van der Waals surface area contributed by atoms with Gasteiger partial charge in [0.15, 0.2) is 0 Å². The second kappa shape index (κ2) is 5.87. The first kappa shape index (κ1) is 14.9. The molecule has 1 unspecified atom stereocenters. The number of nitrogens with zero attached hydrogens (tertiary/aromatic N) is 4. The molecule has 7 nitrogen and oxygen atoms in total. The number of methoxy groups -OCH3 is 1. The van der Waals surface area contributed by atoms with E-state index < -0.39 is 0 Å². The van der Waals surface area contributed by atoms with Gasteiger partial charge in [-0.05, 0) is 23.8 Å². The third-order valence-electron chi connectivity index (χ3n) is 4.96. The van der Waals surface area contributed by atoms with Crippen LogP contribution in [0.1, 0.15) is 22.9 Å². The third kappa shape index (κ3) is 2.32. The van der Waals surface area contributed by atoms with Gasteiger partial charge in [-0.15, -0.1) is 0 Å². The lowest BCUT2D eigenvalue weighted by Crippen LogP contribution is -2.35. The van der Waals surface area contributed by atoms with Crippen LogP contribution >= 0.6 is 0 Å². The smallest absolute Gasteiger partial charge is 0.142 e. The van der Waals surface area contributed by atoms with Crippen LogP contribution in [-0.4, -0.2) is 38.6 Å². The second-order valence-electron chi connectivity index (χ2n) is 6.41. The van der Waals surface area contributed by atoms with E-state index in [0.29, 0.717) is 0 Å². The van der Waals surface area contributed by atoms with Crippen LogP contribution in [0.25, 0.3) is 11.0 Å². The highest BCUT2D eigenvalue weighted by atomic mass is 16.5. The SMILES string of the molecule is COc1cccc(C2CN(c3ncnc4[nH]ccc34)Cc3[nH]cnc32)c1. The summed E-state index contributed by atoms with van der Waals surface area (Å²) in [7, 11) is 1.69. The largest absolute Gasteiger partial charge is 0.497 e. The Bertz CT molecular complexity index is 1070. The molecule has 1 aliphatic heterocycles. The van der Waals surface area contributed by atoms with Crippen LogP contribution in [0, 0.1) is 0 Å². The number of rotatable bonds is 3. The first-order valence-electron chi connectivity index (χ1n) is 8.52. The molecule has 130 valence electrons. The summed E-state index contributed by atoms with van der Waals surface area (Å²) in [5.41, 5.74) is 4.24. The van der Waals surface area contributed by atoms with E-state index in [0.717, 1.165) is 47.1 Å². The Kier molecular flexibility index (Phi) is 3.38. The third-order valence-corrected chi connectivity index (χ3v) is 4.96. The molecule has 7 heteroatoms. The van der Waals surface area contributed by atoms with Crippen molar-refractivity contribution >= 4 is 16.9 Å². The number of nitrogens with one attached hydrogen (secondary N) is 2. The van der Waals surface area contributed by atoms with Gasteiger partial charge in [0.2, 0.25) is 0 Å². The van der Waals surface area contributed by atoms with Gasteiger partial charge in [-0.1, -0.05) is 12.1 Å². The monoisotopic (exact) mass is 346 g/mol. The van der Waals surface area contributed by atoms with Gasteiger partial charge < -0.3 is 19.6 Å². The lowest BCUT2D eigenvalue weighted by molar-refractivity contribution is 0.414. The quantitative estimate of drug-likeness (QED) is 0.596. The number of hydrogen-bond acceptors (Lipinski definition) is 5. The molecule has 5 rings (SSSR count). The fraction of sp³-hybridized carbons (Fsp3) is 0.211. The van der Waals surface area contributed by atoms with Crippen molar-refractivity contribution in [3.05, 3.63) is 66.1 Å². The molecule has 0 spiro atoms. The Hall–Kier alpha value is -3.35. The predicted octanol–water partition coefficient (Wildman–Crippen LogP) is 2.84. The minimum absolute atomic E-state index is 0.143. The standard InChI is InChI=1S/C19H18N6O/c1-26-13-4-2-3-12(7-13)15-8-25(9-16-17(15)22-10-21-16)19-14-5-6-20-18(14)23-11-24-19/h2-7,10-11,15H,8-9H2,1H3,(H,21,22)(H,20,23,24). The number of aromatic amines is 2. The normalized spacial score (nSPS) is 16.7. The van der Waals surface area contributed by atoms with Gasteiger partial charge in [-0.2, -0.15) is 0 Å². The minimum Gasteiger partial charge on any atom is -0.497 e. The molecule has 0 saturated carbocycles. The number of imidazole rings is 1. The summed E-state index contributed by atoms with van der Waals surface area (Å²) in [6.45, 7) is 1.54. The van der Waals surface area contributed by atoms with E-state index >= 15 is 0 Å². The second-order valence-corrected chi connectivity index (χ2v) is 6.41. The molecule has 0 bridgehead atoms. The van der Waals surface area contributed by atoms with E-state index in [1.807, 2.05) is 24.4 Å². The number of hydrogen-bond donors (Lipinski definition) is 2. The van der Waals surface area contributed by atoms with Gasteiger partial charge in [-0.25, -0.2) is 15.0 Å². The molecule has 0 radical (unpaired) electrons. The van der Waals surface area contributed by atoms with Gasteiger partial charge in [0, 0.05) is 18.7 Å². The van der Waals surface area contributed by atoms with Gasteiger partial charge in [0.25, 0.3) is 0 Å².